The van der Waals surface area contributed by atoms with Crippen LogP contribution >= 0.6 is 11.6 Å². The van der Waals surface area contributed by atoms with Crippen molar-refractivity contribution in [3.63, 3.8) is 0 Å². The second-order valence-corrected chi connectivity index (χ2v) is 8.51. The third-order valence-corrected chi connectivity index (χ3v) is 5.84. The number of methoxy groups -OCH3 is 1. The summed E-state index contributed by atoms with van der Waals surface area (Å²) in [6, 6.07) is 23.1. The summed E-state index contributed by atoms with van der Waals surface area (Å²) >= 11 is 6.02. The van der Waals surface area contributed by atoms with Gasteiger partial charge in [-0.15, -0.1) is 0 Å². The molecule has 0 atom stereocenters. The van der Waals surface area contributed by atoms with Gasteiger partial charge in [-0.2, -0.15) is 5.10 Å². The molecule has 1 aromatic heterocycles. The Morgan fingerprint density at radius 2 is 1.63 bits per heavy atom. The van der Waals surface area contributed by atoms with E-state index in [9.17, 15) is 8.42 Å². The number of hydrogen-bond donors (Lipinski definition) is 1. The van der Waals surface area contributed by atoms with Crippen LogP contribution in [0.5, 0.6) is 5.75 Å². The van der Waals surface area contributed by atoms with Gasteiger partial charge in [0, 0.05) is 16.1 Å². The highest BCUT2D eigenvalue weighted by Crippen LogP contribution is 2.35. The Kier molecular flexibility index (Phi) is 5.34. The molecule has 0 bridgehead atoms. The number of rotatable bonds is 5. The topological polar surface area (TPSA) is 87.2 Å². The van der Waals surface area contributed by atoms with Crippen molar-refractivity contribution in [3.05, 3.63) is 83.9 Å². The number of aromatic nitrogens is 2. The summed E-state index contributed by atoms with van der Waals surface area (Å²) in [4.78, 5) is -0.0214. The smallest absolute Gasteiger partial charge is 0.240 e. The van der Waals surface area contributed by atoms with E-state index in [1.807, 2.05) is 42.5 Å². The lowest BCUT2D eigenvalue weighted by Crippen LogP contribution is -2.16. The van der Waals surface area contributed by atoms with Crippen LogP contribution in [0.4, 0.5) is 0 Å². The molecular formula is C22H18ClN3O3S. The molecule has 0 spiro atoms. The molecule has 0 amide bonds. The minimum atomic E-state index is -3.97. The molecule has 4 aromatic rings. The molecule has 152 valence electrons. The molecule has 0 unspecified atom stereocenters. The van der Waals surface area contributed by atoms with Gasteiger partial charge in [0.1, 0.15) is 10.6 Å². The summed E-state index contributed by atoms with van der Waals surface area (Å²) in [5.41, 5.74) is 3.26. The largest absolute Gasteiger partial charge is 0.496 e. The lowest BCUT2D eigenvalue weighted by molar-refractivity contribution is 0.416. The fourth-order valence-corrected chi connectivity index (χ4v) is 4.09. The van der Waals surface area contributed by atoms with E-state index in [0.717, 1.165) is 11.1 Å². The Bertz CT molecular complexity index is 1320. The number of halogens is 1. The zero-order chi connectivity index (χ0) is 21.3. The standard InChI is InChI=1S/C22H18ClN3O3S/c1-29-21-8-4-2-6-17(21)20-14-18(15-10-12-16(23)13-11-15)25-26(20)19-7-3-5-9-22(19)30(24,27)28/h2-14H,1H3,(H2,24,27,28). The highest BCUT2D eigenvalue weighted by Gasteiger charge is 2.21. The molecule has 6 nitrogen and oxygen atoms in total. The van der Waals surface area contributed by atoms with Gasteiger partial charge in [-0.25, -0.2) is 18.2 Å². The van der Waals surface area contributed by atoms with Crippen LogP contribution < -0.4 is 9.88 Å². The van der Waals surface area contributed by atoms with Crippen molar-refractivity contribution in [2.75, 3.05) is 7.11 Å². The van der Waals surface area contributed by atoms with Gasteiger partial charge in [0.15, 0.2) is 0 Å². The maximum absolute atomic E-state index is 12.2. The van der Waals surface area contributed by atoms with Crippen LogP contribution in [-0.4, -0.2) is 25.3 Å². The first-order valence-electron chi connectivity index (χ1n) is 9.00. The molecule has 4 rings (SSSR count). The number of para-hydroxylation sites is 2. The zero-order valence-electron chi connectivity index (χ0n) is 16.0. The molecule has 0 fully saturated rings. The van der Waals surface area contributed by atoms with Gasteiger partial charge in [0.25, 0.3) is 0 Å². The molecule has 3 aromatic carbocycles. The minimum Gasteiger partial charge on any atom is -0.496 e. The van der Waals surface area contributed by atoms with Crippen molar-refractivity contribution in [3.8, 4) is 34.0 Å². The molecule has 30 heavy (non-hydrogen) atoms. The van der Waals surface area contributed by atoms with Crippen molar-refractivity contribution in [2.45, 2.75) is 4.90 Å². The molecule has 1 heterocycles. The Balaban J connectivity index is 2.02. The second-order valence-electron chi connectivity index (χ2n) is 6.55. The van der Waals surface area contributed by atoms with Crippen LogP contribution in [0.2, 0.25) is 5.02 Å². The van der Waals surface area contributed by atoms with Gasteiger partial charge in [-0.05, 0) is 42.5 Å². The van der Waals surface area contributed by atoms with Gasteiger partial charge in [0.2, 0.25) is 10.0 Å². The second kappa shape index (κ2) is 7.95. The number of primary sulfonamides is 1. The minimum absolute atomic E-state index is 0.0214. The molecule has 0 saturated heterocycles. The lowest BCUT2D eigenvalue weighted by Gasteiger charge is -2.13. The lowest BCUT2D eigenvalue weighted by atomic mass is 10.1. The molecule has 0 aliphatic carbocycles. The fraction of sp³-hybridized carbons (Fsp3) is 0.0455. The van der Waals surface area contributed by atoms with E-state index in [1.54, 1.807) is 42.1 Å². The number of sulfonamides is 1. The van der Waals surface area contributed by atoms with Crippen molar-refractivity contribution < 1.29 is 13.2 Å². The average molecular weight is 440 g/mol. The number of nitrogens with zero attached hydrogens (tertiary/aromatic N) is 2. The van der Waals surface area contributed by atoms with Crippen molar-refractivity contribution in [1.82, 2.24) is 9.78 Å². The monoisotopic (exact) mass is 439 g/mol. The summed E-state index contributed by atoms with van der Waals surface area (Å²) in [5.74, 6) is 0.634. The zero-order valence-corrected chi connectivity index (χ0v) is 17.6. The Hall–Kier alpha value is -3.13. The first-order chi connectivity index (χ1) is 14.4. The van der Waals surface area contributed by atoms with E-state index in [2.05, 4.69) is 0 Å². The normalized spacial score (nSPS) is 11.4. The maximum Gasteiger partial charge on any atom is 0.240 e. The summed E-state index contributed by atoms with van der Waals surface area (Å²) < 4.78 is 31.5. The molecule has 0 saturated carbocycles. The van der Waals surface area contributed by atoms with Crippen LogP contribution in [-0.2, 0) is 10.0 Å². The maximum atomic E-state index is 12.2. The Labute approximate surface area is 179 Å². The van der Waals surface area contributed by atoms with E-state index >= 15 is 0 Å². The predicted octanol–water partition coefficient (Wildman–Crippen LogP) is 4.52. The summed E-state index contributed by atoms with van der Waals surface area (Å²) in [6.07, 6.45) is 0. The van der Waals surface area contributed by atoms with Gasteiger partial charge in [0.05, 0.1) is 24.2 Å². The summed E-state index contributed by atoms with van der Waals surface area (Å²) in [7, 11) is -2.39. The number of hydrogen-bond acceptors (Lipinski definition) is 4. The fourth-order valence-electron chi connectivity index (χ4n) is 3.25. The van der Waals surface area contributed by atoms with Crippen LogP contribution in [0.3, 0.4) is 0 Å². The first kappa shape index (κ1) is 20.2. The number of benzene rings is 3. The summed E-state index contributed by atoms with van der Waals surface area (Å²) in [5, 5.41) is 10.8. The van der Waals surface area contributed by atoms with E-state index < -0.39 is 10.0 Å². The Morgan fingerprint density at radius 3 is 2.33 bits per heavy atom. The van der Waals surface area contributed by atoms with Gasteiger partial charge in [-0.3, -0.25) is 0 Å². The van der Waals surface area contributed by atoms with E-state index in [0.29, 0.717) is 27.8 Å². The van der Waals surface area contributed by atoms with Crippen LogP contribution in [0.15, 0.2) is 83.8 Å². The number of nitrogens with two attached hydrogens (primary N) is 1. The molecule has 0 aliphatic rings. The average Bonchev–Trinajstić information content (AvgIpc) is 3.18. The Morgan fingerprint density at radius 1 is 0.967 bits per heavy atom. The molecule has 2 N–H and O–H groups in total. The van der Waals surface area contributed by atoms with E-state index in [1.165, 1.54) is 6.07 Å². The molecule has 0 radical (unpaired) electrons. The third-order valence-electron chi connectivity index (χ3n) is 4.63. The van der Waals surface area contributed by atoms with Gasteiger partial charge >= 0.3 is 0 Å². The molecular weight excluding hydrogens is 422 g/mol. The third kappa shape index (κ3) is 3.82. The highest BCUT2D eigenvalue weighted by molar-refractivity contribution is 7.89. The molecule has 8 heteroatoms. The SMILES string of the molecule is COc1ccccc1-c1cc(-c2ccc(Cl)cc2)nn1-c1ccccc1S(N)(=O)=O. The van der Waals surface area contributed by atoms with Crippen molar-refractivity contribution in [1.29, 1.82) is 0 Å². The summed E-state index contributed by atoms with van der Waals surface area (Å²) in [6.45, 7) is 0. The number of ether oxygens (including phenoxy) is 1. The van der Waals surface area contributed by atoms with Crippen LogP contribution in [0.1, 0.15) is 0 Å². The highest BCUT2D eigenvalue weighted by atomic mass is 35.5. The predicted molar refractivity (Wildman–Crippen MR) is 117 cm³/mol. The quantitative estimate of drug-likeness (QED) is 0.495. The van der Waals surface area contributed by atoms with Gasteiger partial charge < -0.3 is 4.74 Å². The molecule has 0 aliphatic heterocycles. The van der Waals surface area contributed by atoms with E-state index in [4.69, 9.17) is 26.6 Å². The van der Waals surface area contributed by atoms with Crippen LogP contribution in [0.25, 0.3) is 28.2 Å². The van der Waals surface area contributed by atoms with Gasteiger partial charge in [-0.1, -0.05) is 48.0 Å². The van der Waals surface area contributed by atoms with E-state index in [-0.39, 0.29) is 4.90 Å². The van der Waals surface area contributed by atoms with Crippen LogP contribution in [0, 0.1) is 0 Å². The van der Waals surface area contributed by atoms with Crippen molar-refractivity contribution >= 4 is 21.6 Å². The first-order valence-corrected chi connectivity index (χ1v) is 10.9. The van der Waals surface area contributed by atoms with Crippen molar-refractivity contribution in [2.24, 2.45) is 5.14 Å².